The van der Waals surface area contributed by atoms with Gasteiger partial charge in [0.1, 0.15) is 0 Å². The summed E-state index contributed by atoms with van der Waals surface area (Å²) in [5.74, 6) is -1.94. The average molecular weight is 305 g/mol. The molecule has 1 aromatic heterocycles. The molecule has 2 rings (SSSR count). The molecule has 0 radical (unpaired) electrons. The molecule has 1 heterocycles. The van der Waals surface area contributed by atoms with Gasteiger partial charge in [-0.2, -0.15) is 5.10 Å². The van der Waals surface area contributed by atoms with Crippen molar-refractivity contribution in [2.45, 2.75) is 25.5 Å². The summed E-state index contributed by atoms with van der Waals surface area (Å²) >= 11 is 0. The molecule has 2 unspecified atom stereocenters. The van der Waals surface area contributed by atoms with Crippen LogP contribution in [0.25, 0.3) is 10.8 Å². The zero-order valence-electron chi connectivity index (χ0n) is 11.7. The van der Waals surface area contributed by atoms with E-state index in [9.17, 15) is 19.5 Å². The van der Waals surface area contributed by atoms with Crippen molar-refractivity contribution in [3.63, 3.8) is 0 Å². The lowest BCUT2D eigenvalue weighted by Crippen LogP contribution is -2.48. The van der Waals surface area contributed by atoms with Gasteiger partial charge in [0.15, 0.2) is 6.04 Å². The van der Waals surface area contributed by atoms with E-state index in [1.54, 1.807) is 24.3 Å². The minimum atomic E-state index is -1.40. The van der Waals surface area contributed by atoms with Gasteiger partial charge in [-0.1, -0.05) is 18.2 Å². The van der Waals surface area contributed by atoms with Crippen LogP contribution >= 0.6 is 0 Å². The van der Waals surface area contributed by atoms with Crippen LogP contribution in [0, 0.1) is 0 Å². The first-order valence-corrected chi connectivity index (χ1v) is 6.56. The number of carbonyl (C=O) groups excluding carboxylic acids is 1. The van der Waals surface area contributed by atoms with Gasteiger partial charge in [-0.3, -0.25) is 9.59 Å². The standard InChI is InChI=1S/C14H15N3O5/c1-7(18)12(14(21)22)15-11(19)6-10-8-4-2-3-5-9(8)13(20)17-16-10/h2-5,7,12,18H,6H2,1H3,(H,15,19)(H,17,20)(H,21,22). The second-order valence-corrected chi connectivity index (χ2v) is 4.85. The number of aliphatic hydroxyl groups is 1. The Morgan fingerprint density at radius 3 is 2.55 bits per heavy atom. The second-order valence-electron chi connectivity index (χ2n) is 4.85. The van der Waals surface area contributed by atoms with Crippen LogP contribution in [0.1, 0.15) is 12.6 Å². The Labute approximate surface area is 124 Å². The van der Waals surface area contributed by atoms with Gasteiger partial charge in [0.25, 0.3) is 5.56 Å². The van der Waals surface area contributed by atoms with Crippen LogP contribution in [0.15, 0.2) is 29.1 Å². The van der Waals surface area contributed by atoms with Gasteiger partial charge in [-0.05, 0) is 13.0 Å². The van der Waals surface area contributed by atoms with E-state index in [1.807, 2.05) is 0 Å². The summed E-state index contributed by atoms with van der Waals surface area (Å²) in [6, 6.07) is 5.26. The van der Waals surface area contributed by atoms with E-state index >= 15 is 0 Å². The minimum absolute atomic E-state index is 0.214. The van der Waals surface area contributed by atoms with Crippen LogP contribution in [0.5, 0.6) is 0 Å². The van der Waals surface area contributed by atoms with Crippen LogP contribution in [-0.4, -0.2) is 44.4 Å². The zero-order chi connectivity index (χ0) is 16.3. The Hall–Kier alpha value is -2.74. The number of aliphatic carboxylic acids is 1. The molecule has 0 fully saturated rings. The highest BCUT2D eigenvalue weighted by Crippen LogP contribution is 2.12. The lowest BCUT2D eigenvalue weighted by molar-refractivity contribution is -0.144. The topological polar surface area (TPSA) is 132 Å². The fraction of sp³-hybridized carbons (Fsp3) is 0.286. The number of rotatable bonds is 5. The predicted molar refractivity (Wildman–Crippen MR) is 77.3 cm³/mol. The molecular formula is C14H15N3O5. The lowest BCUT2D eigenvalue weighted by atomic mass is 10.1. The van der Waals surface area contributed by atoms with Crippen molar-refractivity contribution in [3.05, 3.63) is 40.3 Å². The maximum absolute atomic E-state index is 11.9. The van der Waals surface area contributed by atoms with E-state index < -0.39 is 24.0 Å². The molecule has 1 aromatic carbocycles. The van der Waals surface area contributed by atoms with Crippen molar-refractivity contribution in [2.24, 2.45) is 0 Å². The average Bonchev–Trinajstić information content (AvgIpc) is 2.47. The highest BCUT2D eigenvalue weighted by Gasteiger charge is 2.25. The van der Waals surface area contributed by atoms with Crippen LogP contribution < -0.4 is 10.9 Å². The number of carbonyl (C=O) groups is 2. The fourth-order valence-corrected chi connectivity index (χ4v) is 2.07. The number of H-pyrrole nitrogens is 1. The number of benzene rings is 1. The largest absolute Gasteiger partial charge is 0.480 e. The first-order chi connectivity index (χ1) is 10.4. The highest BCUT2D eigenvalue weighted by atomic mass is 16.4. The van der Waals surface area contributed by atoms with E-state index in [2.05, 4.69) is 15.5 Å². The van der Waals surface area contributed by atoms with Crippen molar-refractivity contribution in [3.8, 4) is 0 Å². The Morgan fingerprint density at radius 2 is 1.95 bits per heavy atom. The van der Waals surface area contributed by atoms with Gasteiger partial charge >= 0.3 is 5.97 Å². The van der Waals surface area contributed by atoms with Gasteiger partial charge < -0.3 is 15.5 Å². The Bertz CT molecular complexity index is 768. The number of hydrogen-bond acceptors (Lipinski definition) is 5. The normalized spacial score (nSPS) is 13.5. The molecule has 1 amide bonds. The monoisotopic (exact) mass is 305 g/mol. The van der Waals surface area contributed by atoms with Crippen LogP contribution in [0.2, 0.25) is 0 Å². The van der Waals surface area contributed by atoms with Crippen molar-refractivity contribution in [1.82, 2.24) is 15.5 Å². The van der Waals surface area contributed by atoms with Crippen molar-refractivity contribution >= 4 is 22.6 Å². The van der Waals surface area contributed by atoms with Gasteiger partial charge in [-0.25, -0.2) is 9.89 Å². The Balaban J connectivity index is 2.24. The molecule has 0 bridgehead atoms. The minimum Gasteiger partial charge on any atom is -0.480 e. The number of amides is 1. The summed E-state index contributed by atoms with van der Waals surface area (Å²) in [7, 11) is 0. The number of aliphatic hydroxyl groups excluding tert-OH is 1. The molecule has 0 saturated heterocycles. The Morgan fingerprint density at radius 1 is 1.32 bits per heavy atom. The van der Waals surface area contributed by atoms with Gasteiger partial charge in [0, 0.05) is 5.39 Å². The Kier molecular flexibility index (Phi) is 4.52. The first kappa shape index (κ1) is 15.6. The van der Waals surface area contributed by atoms with Crippen LogP contribution in [0.3, 0.4) is 0 Å². The summed E-state index contributed by atoms with van der Waals surface area (Å²) in [6.45, 7) is 1.27. The summed E-state index contributed by atoms with van der Waals surface area (Å²) in [4.78, 5) is 34.5. The van der Waals surface area contributed by atoms with Gasteiger partial charge in [0.2, 0.25) is 5.91 Å². The quantitative estimate of drug-likeness (QED) is 0.584. The fourth-order valence-electron chi connectivity index (χ4n) is 2.07. The van der Waals surface area contributed by atoms with E-state index in [4.69, 9.17) is 5.11 Å². The summed E-state index contributed by atoms with van der Waals surface area (Å²) < 4.78 is 0. The number of carboxylic acid groups (broad SMARTS) is 1. The molecule has 2 aromatic rings. The highest BCUT2D eigenvalue weighted by molar-refractivity contribution is 5.90. The molecule has 116 valence electrons. The summed E-state index contributed by atoms with van der Waals surface area (Å²) in [5.41, 5.74) is -0.0467. The molecule has 4 N–H and O–H groups in total. The zero-order valence-corrected chi connectivity index (χ0v) is 11.7. The number of aromatic amines is 1. The smallest absolute Gasteiger partial charge is 0.328 e. The molecule has 8 nitrogen and oxygen atoms in total. The molecule has 0 aliphatic heterocycles. The third kappa shape index (κ3) is 3.29. The number of carboxylic acids is 1. The lowest BCUT2D eigenvalue weighted by Gasteiger charge is -2.17. The molecule has 8 heteroatoms. The maximum Gasteiger partial charge on any atom is 0.328 e. The number of nitrogens with zero attached hydrogens (tertiary/aromatic N) is 1. The predicted octanol–water partition coefficient (Wildman–Crippen LogP) is -0.584. The molecule has 0 aliphatic rings. The van der Waals surface area contributed by atoms with Crippen LogP contribution in [0.4, 0.5) is 0 Å². The summed E-state index contributed by atoms with van der Waals surface area (Å²) in [5, 5.41) is 27.5. The number of aromatic nitrogens is 2. The molecule has 0 spiro atoms. The first-order valence-electron chi connectivity index (χ1n) is 6.56. The summed E-state index contributed by atoms with van der Waals surface area (Å²) in [6.07, 6.45) is -1.45. The maximum atomic E-state index is 11.9. The molecular weight excluding hydrogens is 290 g/mol. The van der Waals surface area contributed by atoms with Crippen molar-refractivity contribution < 1.29 is 19.8 Å². The number of nitrogens with one attached hydrogen (secondary N) is 2. The van der Waals surface area contributed by atoms with E-state index in [0.29, 0.717) is 16.5 Å². The third-order valence-electron chi connectivity index (χ3n) is 3.17. The van der Waals surface area contributed by atoms with Crippen LogP contribution in [-0.2, 0) is 16.0 Å². The van der Waals surface area contributed by atoms with Gasteiger partial charge in [-0.15, -0.1) is 0 Å². The second kappa shape index (κ2) is 6.35. The van der Waals surface area contributed by atoms with Crippen molar-refractivity contribution in [2.75, 3.05) is 0 Å². The van der Waals surface area contributed by atoms with E-state index in [0.717, 1.165) is 0 Å². The van der Waals surface area contributed by atoms with E-state index in [1.165, 1.54) is 6.92 Å². The molecule has 22 heavy (non-hydrogen) atoms. The molecule has 0 aliphatic carbocycles. The number of fused-ring (bicyclic) bond motifs is 1. The van der Waals surface area contributed by atoms with E-state index in [-0.39, 0.29) is 12.0 Å². The van der Waals surface area contributed by atoms with Crippen molar-refractivity contribution in [1.29, 1.82) is 0 Å². The van der Waals surface area contributed by atoms with Gasteiger partial charge in [0.05, 0.1) is 23.6 Å². The SMILES string of the molecule is CC(O)C(NC(=O)Cc1n[nH]c(=O)c2ccccc12)C(=O)O. The third-order valence-corrected chi connectivity index (χ3v) is 3.17. The molecule has 2 atom stereocenters. The molecule has 0 saturated carbocycles. The number of hydrogen-bond donors (Lipinski definition) is 4.